The molecule has 7 unspecified atom stereocenters. The predicted molar refractivity (Wildman–Crippen MR) is 103 cm³/mol. The lowest BCUT2D eigenvalue weighted by Crippen LogP contribution is -2.62. The Balaban J connectivity index is 1.66. The van der Waals surface area contributed by atoms with Crippen molar-refractivity contribution in [2.75, 3.05) is 6.54 Å². The highest BCUT2D eigenvalue weighted by Gasteiger charge is 2.60. The summed E-state index contributed by atoms with van der Waals surface area (Å²) in [5.74, 6) is -0.823. The van der Waals surface area contributed by atoms with E-state index in [0.29, 0.717) is 19.3 Å². The monoisotopic (exact) mass is 386 g/mol. The van der Waals surface area contributed by atoms with Gasteiger partial charge in [-0.25, -0.2) is 0 Å². The number of rotatable bonds is 1. The summed E-state index contributed by atoms with van der Waals surface area (Å²) in [6, 6.07) is -0.925. The lowest BCUT2D eigenvalue weighted by atomic mass is 9.59. The van der Waals surface area contributed by atoms with Crippen molar-refractivity contribution in [1.82, 2.24) is 5.32 Å². The van der Waals surface area contributed by atoms with Crippen LogP contribution in [0.2, 0.25) is 0 Å². The highest BCUT2D eigenvalue weighted by atomic mass is 16.7. The molecule has 0 aromatic rings. The van der Waals surface area contributed by atoms with Crippen LogP contribution in [0.5, 0.6) is 0 Å². The number of nitrogens with two attached hydrogens (primary N) is 1. The molecule has 0 aromatic heterocycles. The Morgan fingerprint density at radius 2 is 2.00 bits per heavy atom. The predicted octanol–water partition coefficient (Wildman–Crippen LogP) is 1.78. The molecule has 5 aliphatic rings. The molecular formula is C22H30N2O4. The van der Waals surface area contributed by atoms with Gasteiger partial charge >= 0.3 is 0 Å². The number of allylic oxidation sites excluding steroid dienone is 2. The average Bonchev–Trinajstić information content (AvgIpc) is 3.29. The molecule has 3 N–H and O–H groups in total. The number of hydrogen-bond acceptors (Lipinski definition) is 6. The van der Waals surface area contributed by atoms with E-state index in [1.165, 1.54) is 0 Å². The van der Waals surface area contributed by atoms with Crippen LogP contribution in [0, 0.1) is 11.3 Å². The minimum absolute atomic E-state index is 0.0333. The minimum Gasteiger partial charge on any atom is -0.346 e. The van der Waals surface area contributed by atoms with Gasteiger partial charge in [-0.2, -0.15) is 0 Å². The number of ketones is 2. The maximum atomic E-state index is 13.4. The van der Waals surface area contributed by atoms with E-state index >= 15 is 0 Å². The standard InChI is InChI=1S/C22H30N2O4/c1-2-13-5-7-21-9-10-24-20(21)17(26)12-22-8-6-14(27-22)3-4-16(25)18(23)19(28-22)15(21)11-13/h2,11,14-15,18-20,24H,1,3-10,12,23H2. The van der Waals surface area contributed by atoms with Crippen LogP contribution in [0.3, 0.4) is 0 Å². The first kappa shape index (κ1) is 18.7. The van der Waals surface area contributed by atoms with Crippen LogP contribution in [-0.4, -0.2) is 48.2 Å². The van der Waals surface area contributed by atoms with Crippen LogP contribution in [0.4, 0.5) is 0 Å². The Bertz CT molecular complexity index is 749. The topological polar surface area (TPSA) is 90.7 Å². The van der Waals surface area contributed by atoms with Crippen LogP contribution in [0.25, 0.3) is 0 Å². The molecule has 7 atom stereocenters. The molecule has 4 heterocycles. The fourth-order valence-corrected chi connectivity index (χ4v) is 6.38. The van der Waals surface area contributed by atoms with Gasteiger partial charge in [0.1, 0.15) is 0 Å². The van der Waals surface area contributed by atoms with Crippen molar-refractivity contribution >= 4 is 11.6 Å². The highest BCUT2D eigenvalue weighted by Crippen LogP contribution is 2.54. The van der Waals surface area contributed by atoms with Crippen LogP contribution >= 0.6 is 0 Å². The van der Waals surface area contributed by atoms with E-state index in [0.717, 1.165) is 37.8 Å². The fraction of sp³-hybridized carbons (Fsp3) is 0.727. The Morgan fingerprint density at radius 1 is 1.14 bits per heavy atom. The van der Waals surface area contributed by atoms with E-state index in [1.807, 2.05) is 6.08 Å². The summed E-state index contributed by atoms with van der Waals surface area (Å²) < 4.78 is 12.9. The van der Waals surface area contributed by atoms with Gasteiger partial charge in [-0.3, -0.25) is 9.59 Å². The molecule has 6 nitrogen and oxygen atoms in total. The third-order valence-corrected chi connectivity index (χ3v) is 7.85. The van der Waals surface area contributed by atoms with E-state index in [2.05, 4.69) is 18.0 Å². The molecule has 4 aliphatic heterocycles. The SMILES string of the molecule is C=CC1=CC2C3OC4(CCC(CCC(=O)C3N)O4)CC(=O)C3NCCC32CC1. The first-order chi connectivity index (χ1) is 13.5. The van der Waals surface area contributed by atoms with Gasteiger partial charge in [-0.15, -0.1) is 0 Å². The molecule has 0 radical (unpaired) electrons. The van der Waals surface area contributed by atoms with Crippen LogP contribution in [0.1, 0.15) is 51.4 Å². The zero-order chi connectivity index (χ0) is 19.5. The van der Waals surface area contributed by atoms with Gasteiger partial charge < -0.3 is 20.5 Å². The zero-order valence-corrected chi connectivity index (χ0v) is 16.3. The molecule has 4 saturated heterocycles. The van der Waals surface area contributed by atoms with Gasteiger partial charge in [0.2, 0.25) is 0 Å². The Kier molecular flexibility index (Phi) is 4.40. The molecule has 28 heavy (non-hydrogen) atoms. The lowest BCUT2D eigenvalue weighted by molar-refractivity contribution is -0.267. The summed E-state index contributed by atoms with van der Waals surface area (Å²) in [5, 5.41) is 3.48. The number of carbonyl (C=O) groups is 2. The molecule has 3 bridgehead atoms. The normalized spacial score (nSPS) is 48.3. The van der Waals surface area contributed by atoms with E-state index in [-0.39, 0.29) is 41.5 Å². The third kappa shape index (κ3) is 2.69. The first-order valence-corrected chi connectivity index (χ1v) is 10.7. The van der Waals surface area contributed by atoms with Crippen molar-refractivity contribution < 1.29 is 19.1 Å². The molecule has 152 valence electrons. The molecule has 0 amide bonds. The second-order valence-electron chi connectivity index (χ2n) is 9.29. The maximum Gasteiger partial charge on any atom is 0.176 e. The molecule has 4 fully saturated rings. The summed E-state index contributed by atoms with van der Waals surface area (Å²) in [6.45, 7) is 4.75. The maximum absolute atomic E-state index is 13.4. The van der Waals surface area contributed by atoms with Crippen molar-refractivity contribution in [2.45, 2.75) is 81.4 Å². The summed E-state index contributed by atoms with van der Waals surface area (Å²) in [5.41, 5.74) is 7.43. The van der Waals surface area contributed by atoms with Crippen molar-refractivity contribution in [3.05, 3.63) is 24.3 Å². The molecule has 1 aliphatic carbocycles. The van der Waals surface area contributed by atoms with Gasteiger partial charge in [0.15, 0.2) is 17.4 Å². The van der Waals surface area contributed by atoms with Crippen molar-refractivity contribution in [3.63, 3.8) is 0 Å². The summed E-state index contributed by atoms with van der Waals surface area (Å²) in [4.78, 5) is 26.3. The van der Waals surface area contributed by atoms with Crippen LogP contribution in [0.15, 0.2) is 24.3 Å². The summed E-state index contributed by atoms with van der Waals surface area (Å²) in [7, 11) is 0. The van der Waals surface area contributed by atoms with E-state index in [1.54, 1.807) is 0 Å². The highest BCUT2D eigenvalue weighted by molar-refractivity contribution is 5.87. The average molecular weight is 386 g/mol. The number of nitrogens with one attached hydrogen (secondary N) is 1. The second-order valence-corrected chi connectivity index (χ2v) is 9.29. The minimum atomic E-state index is -0.940. The fourth-order valence-electron chi connectivity index (χ4n) is 6.38. The summed E-state index contributed by atoms with van der Waals surface area (Å²) >= 11 is 0. The van der Waals surface area contributed by atoms with Gasteiger partial charge in [0.25, 0.3) is 0 Å². The second kappa shape index (κ2) is 6.59. The van der Waals surface area contributed by atoms with Crippen molar-refractivity contribution in [1.29, 1.82) is 0 Å². The largest absolute Gasteiger partial charge is 0.346 e. The molecule has 0 aromatic carbocycles. The molecule has 5 rings (SSSR count). The number of Topliss-reactive ketones (excluding diaryl/α,β-unsaturated/α-hetero) is 2. The molecular weight excluding hydrogens is 356 g/mol. The Labute approximate surface area is 165 Å². The smallest absolute Gasteiger partial charge is 0.176 e. The molecule has 6 heteroatoms. The number of hydrogen-bond donors (Lipinski definition) is 2. The summed E-state index contributed by atoms with van der Waals surface area (Å²) in [6.07, 6.45) is 9.05. The van der Waals surface area contributed by atoms with Gasteiger partial charge in [0, 0.05) is 24.2 Å². The van der Waals surface area contributed by atoms with Crippen LogP contribution in [-0.2, 0) is 19.1 Å². The van der Waals surface area contributed by atoms with Gasteiger partial charge in [-0.05, 0) is 38.6 Å². The van der Waals surface area contributed by atoms with Crippen molar-refractivity contribution in [3.8, 4) is 0 Å². The number of fused-ring (bicyclic) bond motifs is 3. The van der Waals surface area contributed by atoms with E-state index in [4.69, 9.17) is 15.2 Å². The lowest BCUT2D eigenvalue weighted by Gasteiger charge is -2.51. The van der Waals surface area contributed by atoms with E-state index in [9.17, 15) is 9.59 Å². The quantitative estimate of drug-likeness (QED) is 0.714. The van der Waals surface area contributed by atoms with Gasteiger partial charge in [-0.1, -0.05) is 24.3 Å². The molecule has 0 saturated carbocycles. The number of carbonyl (C=O) groups excluding carboxylic acids is 2. The van der Waals surface area contributed by atoms with E-state index < -0.39 is 17.9 Å². The van der Waals surface area contributed by atoms with Gasteiger partial charge in [0.05, 0.1) is 30.7 Å². The van der Waals surface area contributed by atoms with Crippen molar-refractivity contribution in [2.24, 2.45) is 17.1 Å². The Hall–Kier alpha value is -1.34. The number of ether oxygens (including phenoxy) is 2. The third-order valence-electron chi connectivity index (χ3n) is 7.85. The van der Waals surface area contributed by atoms with Crippen LogP contribution < -0.4 is 11.1 Å². The zero-order valence-electron chi connectivity index (χ0n) is 16.3. The Morgan fingerprint density at radius 3 is 2.82 bits per heavy atom. The first-order valence-electron chi connectivity index (χ1n) is 10.7. The molecule has 2 spiro atoms.